The first-order valence-corrected chi connectivity index (χ1v) is 7.95. The quantitative estimate of drug-likeness (QED) is 0.807. The number of benzene rings is 1. The second kappa shape index (κ2) is 6.98. The summed E-state index contributed by atoms with van der Waals surface area (Å²) in [6.45, 7) is 3.63. The Morgan fingerprint density at radius 3 is 2.29 bits per heavy atom. The molecule has 0 aromatic heterocycles. The van der Waals surface area contributed by atoms with Crippen LogP contribution >= 0.6 is 0 Å². The Balaban J connectivity index is 2.02. The molecule has 6 nitrogen and oxygen atoms in total. The van der Waals surface area contributed by atoms with Gasteiger partial charge in [0, 0.05) is 13.6 Å². The molecular formula is C17H22FN3O3. The van der Waals surface area contributed by atoms with Crippen molar-refractivity contribution in [2.24, 2.45) is 0 Å². The maximum Gasteiger partial charge on any atom is 0.325 e. The Hall–Kier alpha value is -2.44. The Morgan fingerprint density at radius 1 is 1.21 bits per heavy atom. The third kappa shape index (κ3) is 3.39. The van der Waals surface area contributed by atoms with Gasteiger partial charge in [-0.15, -0.1) is 0 Å². The number of nitrogens with zero attached hydrogens (tertiary/aromatic N) is 2. The smallest absolute Gasteiger partial charge is 0.325 e. The number of rotatable bonds is 6. The van der Waals surface area contributed by atoms with Crippen molar-refractivity contribution >= 4 is 17.8 Å². The van der Waals surface area contributed by atoms with Crippen LogP contribution in [0.25, 0.3) is 0 Å². The monoisotopic (exact) mass is 335 g/mol. The number of carbonyl (C=O) groups is 3. The van der Waals surface area contributed by atoms with Gasteiger partial charge in [0.05, 0.1) is 0 Å². The summed E-state index contributed by atoms with van der Waals surface area (Å²) in [5.74, 6) is -1.06. The highest BCUT2D eigenvalue weighted by atomic mass is 19.1. The summed E-state index contributed by atoms with van der Waals surface area (Å²) in [6, 6.07) is 5.29. The molecule has 1 N–H and O–H groups in total. The van der Waals surface area contributed by atoms with Gasteiger partial charge < -0.3 is 10.2 Å². The van der Waals surface area contributed by atoms with Gasteiger partial charge >= 0.3 is 6.03 Å². The molecule has 0 aliphatic carbocycles. The summed E-state index contributed by atoms with van der Waals surface area (Å²) in [5, 5.41) is 2.69. The lowest BCUT2D eigenvalue weighted by Gasteiger charge is -2.24. The van der Waals surface area contributed by atoms with Gasteiger partial charge in [-0.1, -0.05) is 26.0 Å². The standard InChI is InChI=1S/C17H22FN3O3/c1-4-17(5-2)15(23)21(16(24)19-17)11-14(22)20(3)10-12-6-8-13(18)9-7-12/h6-9H,4-5,10-11H2,1-3H3,(H,19,24). The molecule has 130 valence electrons. The lowest BCUT2D eigenvalue weighted by atomic mass is 9.93. The molecule has 2 rings (SSSR count). The molecular weight excluding hydrogens is 313 g/mol. The fraction of sp³-hybridized carbons (Fsp3) is 0.471. The number of amides is 4. The molecule has 0 spiro atoms. The van der Waals surface area contributed by atoms with Gasteiger partial charge in [-0.2, -0.15) is 0 Å². The predicted octanol–water partition coefficient (Wildman–Crippen LogP) is 1.89. The van der Waals surface area contributed by atoms with E-state index in [9.17, 15) is 18.8 Å². The van der Waals surface area contributed by atoms with E-state index in [0.29, 0.717) is 12.8 Å². The van der Waals surface area contributed by atoms with Crippen LogP contribution in [0.3, 0.4) is 0 Å². The van der Waals surface area contributed by atoms with E-state index in [1.54, 1.807) is 19.2 Å². The molecule has 1 heterocycles. The van der Waals surface area contributed by atoms with Crippen LogP contribution in [0.2, 0.25) is 0 Å². The number of imide groups is 1. The van der Waals surface area contributed by atoms with Crippen molar-refractivity contribution in [3.8, 4) is 0 Å². The first-order valence-electron chi connectivity index (χ1n) is 7.95. The van der Waals surface area contributed by atoms with Crippen molar-refractivity contribution < 1.29 is 18.8 Å². The van der Waals surface area contributed by atoms with Gasteiger partial charge in [0.25, 0.3) is 5.91 Å². The van der Waals surface area contributed by atoms with Crippen LogP contribution in [0.5, 0.6) is 0 Å². The number of carbonyl (C=O) groups excluding carboxylic acids is 3. The van der Waals surface area contributed by atoms with E-state index in [1.807, 2.05) is 13.8 Å². The second-order valence-electron chi connectivity index (χ2n) is 5.99. The molecule has 24 heavy (non-hydrogen) atoms. The van der Waals surface area contributed by atoms with Gasteiger partial charge in [0.15, 0.2) is 0 Å². The molecule has 1 saturated heterocycles. The zero-order chi connectivity index (χ0) is 17.9. The van der Waals surface area contributed by atoms with Crippen molar-refractivity contribution in [2.75, 3.05) is 13.6 Å². The van der Waals surface area contributed by atoms with E-state index in [0.717, 1.165) is 10.5 Å². The summed E-state index contributed by atoms with van der Waals surface area (Å²) in [7, 11) is 1.58. The molecule has 1 aromatic carbocycles. The number of hydrogen-bond acceptors (Lipinski definition) is 3. The fourth-order valence-electron chi connectivity index (χ4n) is 2.76. The van der Waals surface area contributed by atoms with E-state index < -0.39 is 11.6 Å². The number of halogens is 1. The molecule has 1 aromatic rings. The van der Waals surface area contributed by atoms with E-state index in [1.165, 1.54) is 17.0 Å². The van der Waals surface area contributed by atoms with Crippen LogP contribution in [0, 0.1) is 5.82 Å². The zero-order valence-corrected chi connectivity index (χ0v) is 14.1. The lowest BCUT2D eigenvalue weighted by Crippen LogP contribution is -2.46. The number of urea groups is 1. The first kappa shape index (κ1) is 17.9. The number of nitrogens with one attached hydrogen (secondary N) is 1. The third-order valence-corrected chi connectivity index (χ3v) is 4.51. The predicted molar refractivity (Wildman–Crippen MR) is 86.4 cm³/mol. The van der Waals surface area contributed by atoms with Gasteiger partial charge in [-0.05, 0) is 30.5 Å². The van der Waals surface area contributed by atoms with Crippen molar-refractivity contribution in [1.82, 2.24) is 15.1 Å². The van der Waals surface area contributed by atoms with Crippen LogP contribution in [-0.2, 0) is 16.1 Å². The summed E-state index contributed by atoms with van der Waals surface area (Å²) in [5.41, 5.74) is -0.145. The summed E-state index contributed by atoms with van der Waals surface area (Å²) >= 11 is 0. The molecule has 1 aliphatic rings. The van der Waals surface area contributed by atoms with Gasteiger partial charge in [0.1, 0.15) is 17.9 Å². The molecule has 1 fully saturated rings. The molecule has 7 heteroatoms. The minimum atomic E-state index is -0.910. The van der Waals surface area contributed by atoms with Gasteiger partial charge in [-0.25, -0.2) is 9.18 Å². The molecule has 0 saturated carbocycles. The van der Waals surface area contributed by atoms with Gasteiger partial charge in [0.2, 0.25) is 5.91 Å². The zero-order valence-electron chi connectivity index (χ0n) is 14.1. The average molecular weight is 335 g/mol. The normalized spacial score (nSPS) is 16.2. The van der Waals surface area contributed by atoms with E-state index in [-0.39, 0.29) is 30.7 Å². The minimum Gasteiger partial charge on any atom is -0.340 e. The van der Waals surface area contributed by atoms with E-state index in [2.05, 4.69) is 5.32 Å². The van der Waals surface area contributed by atoms with Crippen molar-refractivity contribution in [2.45, 2.75) is 38.8 Å². The van der Waals surface area contributed by atoms with Crippen molar-refractivity contribution in [3.63, 3.8) is 0 Å². The highest BCUT2D eigenvalue weighted by molar-refractivity contribution is 6.08. The lowest BCUT2D eigenvalue weighted by molar-refractivity contribution is -0.138. The SMILES string of the molecule is CCC1(CC)NC(=O)N(CC(=O)N(C)Cc2ccc(F)cc2)C1=O. The fourth-order valence-corrected chi connectivity index (χ4v) is 2.76. The largest absolute Gasteiger partial charge is 0.340 e. The number of hydrogen-bond donors (Lipinski definition) is 1. The molecule has 0 bridgehead atoms. The third-order valence-electron chi connectivity index (χ3n) is 4.51. The Kier molecular flexibility index (Phi) is 5.21. The van der Waals surface area contributed by atoms with Gasteiger partial charge in [-0.3, -0.25) is 14.5 Å². The second-order valence-corrected chi connectivity index (χ2v) is 5.99. The van der Waals surface area contributed by atoms with Crippen LogP contribution in [0.1, 0.15) is 32.3 Å². The Morgan fingerprint density at radius 2 is 1.79 bits per heavy atom. The molecule has 1 aliphatic heterocycles. The Labute approximate surface area is 140 Å². The number of likely N-dealkylation sites (N-methyl/N-ethyl adjacent to an activating group) is 1. The highest BCUT2D eigenvalue weighted by Gasteiger charge is 2.49. The summed E-state index contributed by atoms with van der Waals surface area (Å²) < 4.78 is 12.9. The van der Waals surface area contributed by atoms with Crippen LogP contribution in [-0.4, -0.2) is 46.8 Å². The summed E-state index contributed by atoms with van der Waals surface area (Å²) in [6.07, 6.45) is 0.953. The molecule has 0 radical (unpaired) electrons. The maximum atomic E-state index is 12.9. The topological polar surface area (TPSA) is 69.7 Å². The maximum absolute atomic E-state index is 12.9. The Bertz CT molecular complexity index is 641. The van der Waals surface area contributed by atoms with Crippen LogP contribution in [0.15, 0.2) is 24.3 Å². The molecule has 0 atom stereocenters. The molecule has 0 unspecified atom stereocenters. The van der Waals surface area contributed by atoms with E-state index in [4.69, 9.17) is 0 Å². The van der Waals surface area contributed by atoms with Crippen molar-refractivity contribution in [1.29, 1.82) is 0 Å². The summed E-state index contributed by atoms with van der Waals surface area (Å²) in [4.78, 5) is 39.2. The minimum absolute atomic E-state index is 0.273. The van der Waals surface area contributed by atoms with Crippen LogP contribution < -0.4 is 5.32 Å². The molecule has 4 amide bonds. The first-order chi connectivity index (χ1) is 11.3. The highest BCUT2D eigenvalue weighted by Crippen LogP contribution is 2.24. The van der Waals surface area contributed by atoms with Crippen molar-refractivity contribution in [3.05, 3.63) is 35.6 Å². The average Bonchev–Trinajstić information content (AvgIpc) is 2.81. The van der Waals surface area contributed by atoms with E-state index >= 15 is 0 Å². The van der Waals surface area contributed by atoms with Crippen LogP contribution in [0.4, 0.5) is 9.18 Å².